The van der Waals surface area contributed by atoms with E-state index < -0.39 is 0 Å². The molecule has 1 aromatic carbocycles. The third-order valence-electron chi connectivity index (χ3n) is 3.92. The number of likely N-dealkylation sites (tertiary alicyclic amines) is 1. The Morgan fingerprint density at radius 1 is 1.43 bits per heavy atom. The van der Waals surface area contributed by atoms with Crippen LogP contribution in [0.25, 0.3) is 0 Å². The molecule has 23 heavy (non-hydrogen) atoms. The SMILES string of the molecule is CNC[C@H]1CCCN1C(=O)c1cccc(Oc2cnccn2)c1. The molecule has 2 heterocycles. The van der Waals surface area contributed by atoms with Gasteiger partial charge in [-0.25, -0.2) is 4.98 Å². The number of benzene rings is 1. The summed E-state index contributed by atoms with van der Waals surface area (Å²) >= 11 is 0. The summed E-state index contributed by atoms with van der Waals surface area (Å²) in [6, 6.07) is 7.46. The maximum atomic E-state index is 12.8. The largest absolute Gasteiger partial charge is 0.437 e. The number of carbonyl (C=O) groups excluding carboxylic acids is 1. The van der Waals surface area contributed by atoms with Gasteiger partial charge in [0.05, 0.1) is 6.20 Å². The van der Waals surface area contributed by atoms with Crippen molar-refractivity contribution >= 4 is 5.91 Å². The second-order valence-corrected chi connectivity index (χ2v) is 5.53. The van der Waals surface area contributed by atoms with Crippen molar-refractivity contribution < 1.29 is 9.53 Å². The lowest BCUT2D eigenvalue weighted by Crippen LogP contribution is -2.40. The molecule has 1 aliphatic heterocycles. The number of hydrogen-bond acceptors (Lipinski definition) is 5. The van der Waals surface area contributed by atoms with Crippen LogP contribution in [0.15, 0.2) is 42.9 Å². The summed E-state index contributed by atoms with van der Waals surface area (Å²) in [5.74, 6) is 1.04. The summed E-state index contributed by atoms with van der Waals surface area (Å²) in [7, 11) is 1.91. The van der Waals surface area contributed by atoms with Crippen molar-refractivity contribution in [2.45, 2.75) is 18.9 Å². The molecule has 2 aromatic rings. The molecule has 0 radical (unpaired) electrons. The minimum Gasteiger partial charge on any atom is -0.437 e. The second kappa shape index (κ2) is 7.19. The first-order valence-corrected chi connectivity index (χ1v) is 7.77. The number of aromatic nitrogens is 2. The number of ether oxygens (including phenoxy) is 1. The smallest absolute Gasteiger partial charge is 0.254 e. The Labute approximate surface area is 135 Å². The summed E-state index contributed by atoms with van der Waals surface area (Å²) in [6.45, 7) is 1.63. The third kappa shape index (κ3) is 3.65. The van der Waals surface area contributed by atoms with Gasteiger partial charge in [0.2, 0.25) is 5.88 Å². The Hall–Kier alpha value is -2.47. The molecule has 0 spiro atoms. The molecular weight excluding hydrogens is 292 g/mol. The highest BCUT2D eigenvalue weighted by Crippen LogP contribution is 2.23. The van der Waals surface area contributed by atoms with Gasteiger partial charge in [0, 0.05) is 37.1 Å². The first-order chi connectivity index (χ1) is 11.3. The molecule has 120 valence electrons. The van der Waals surface area contributed by atoms with E-state index in [0.717, 1.165) is 25.9 Å². The van der Waals surface area contributed by atoms with Gasteiger partial charge in [0.25, 0.3) is 5.91 Å². The van der Waals surface area contributed by atoms with Gasteiger partial charge in [-0.05, 0) is 38.1 Å². The Morgan fingerprint density at radius 2 is 2.35 bits per heavy atom. The van der Waals surface area contributed by atoms with Crippen molar-refractivity contribution in [3.8, 4) is 11.6 Å². The molecule has 1 N–H and O–H groups in total. The Kier molecular flexibility index (Phi) is 4.83. The van der Waals surface area contributed by atoms with Gasteiger partial charge in [-0.1, -0.05) is 6.07 Å². The molecular formula is C17H20N4O2. The topological polar surface area (TPSA) is 67.4 Å². The standard InChI is InChI=1S/C17H20N4O2/c1-18-11-14-5-3-9-21(14)17(22)13-4-2-6-15(10-13)23-16-12-19-7-8-20-16/h2,4,6-8,10,12,14,18H,3,5,9,11H2,1H3/t14-/m1/s1. The van der Waals surface area contributed by atoms with Crippen LogP contribution in [0, 0.1) is 0 Å². The van der Waals surface area contributed by atoms with E-state index in [1.54, 1.807) is 24.5 Å². The lowest BCUT2D eigenvalue weighted by molar-refractivity contribution is 0.0736. The van der Waals surface area contributed by atoms with Crippen LogP contribution in [-0.2, 0) is 0 Å². The first kappa shape index (κ1) is 15.4. The van der Waals surface area contributed by atoms with Crippen LogP contribution in [0.2, 0.25) is 0 Å². The van der Waals surface area contributed by atoms with Crippen molar-refractivity contribution in [2.24, 2.45) is 0 Å². The molecule has 0 bridgehead atoms. The zero-order valence-electron chi connectivity index (χ0n) is 13.1. The summed E-state index contributed by atoms with van der Waals surface area (Å²) in [5.41, 5.74) is 0.634. The molecule has 1 saturated heterocycles. The number of nitrogens with zero attached hydrogens (tertiary/aromatic N) is 3. The van der Waals surface area contributed by atoms with Crippen LogP contribution in [0.3, 0.4) is 0 Å². The zero-order valence-corrected chi connectivity index (χ0v) is 13.1. The van der Waals surface area contributed by atoms with Crippen molar-refractivity contribution in [3.05, 3.63) is 48.4 Å². The maximum absolute atomic E-state index is 12.8. The normalized spacial score (nSPS) is 17.3. The number of rotatable bonds is 5. The maximum Gasteiger partial charge on any atom is 0.254 e. The zero-order chi connectivity index (χ0) is 16.1. The van der Waals surface area contributed by atoms with Gasteiger partial charge in [-0.3, -0.25) is 9.78 Å². The van der Waals surface area contributed by atoms with Crippen molar-refractivity contribution in [1.29, 1.82) is 0 Å². The fraction of sp³-hybridized carbons (Fsp3) is 0.353. The monoisotopic (exact) mass is 312 g/mol. The minimum absolute atomic E-state index is 0.0485. The summed E-state index contributed by atoms with van der Waals surface area (Å²) in [4.78, 5) is 22.7. The van der Waals surface area contributed by atoms with Gasteiger partial charge >= 0.3 is 0 Å². The van der Waals surface area contributed by atoms with E-state index >= 15 is 0 Å². The highest BCUT2D eigenvalue weighted by atomic mass is 16.5. The van der Waals surface area contributed by atoms with E-state index in [9.17, 15) is 4.79 Å². The van der Waals surface area contributed by atoms with Gasteiger partial charge < -0.3 is 15.0 Å². The van der Waals surface area contributed by atoms with Crippen molar-refractivity contribution in [2.75, 3.05) is 20.1 Å². The van der Waals surface area contributed by atoms with Gasteiger partial charge in [0.15, 0.2) is 0 Å². The highest BCUT2D eigenvalue weighted by Gasteiger charge is 2.28. The van der Waals surface area contributed by atoms with Crippen LogP contribution in [0.1, 0.15) is 23.2 Å². The molecule has 1 amide bonds. The minimum atomic E-state index is 0.0485. The average molecular weight is 312 g/mol. The van der Waals surface area contributed by atoms with Gasteiger partial charge in [-0.2, -0.15) is 0 Å². The summed E-state index contributed by atoms with van der Waals surface area (Å²) in [6.07, 6.45) is 6.78. The number of likely N-dealkylation sites (N-methyl/N-ethyl adjacent to an activating group) is 1. The highest BCUT2D eigenvalue weighted by molar-refractivity contribution is 5.95. The van der Waals surface area contributed by atoms with Crippen molar-refractivity contribution in [1.82, 2.24) is 20.2 Å². The fourth-order valence-electron chi connectivity index (χ4n) is 2.87. The molecule has 1 atom stereocenters. The third-order valence-corrected chi connectivity index (χ3v) is 3.92. The molecule has 0 unspecified atom stereocenters. The molecule has 1 aromatic heterocycles. The van der Waals surface area contributed by atoms with Crippen LogP contribution >= 0.6 is 0 Å². The average Bonchev–Trinajstić information content (AvgIpc) is 3.04. The lowest BCUT2D eigenvalue weighted by Gasteiger charge is -2.24. The molecule has 0 aliphatic carbocycles. The molecule has 6 nitrogen and oxygen atoms in total. The first-order valence-electron chi connectivity index (χ1n) is 7.77. The second-order valence-electron chi connectivity index (χ2n) is 5.53. The van der Waals surface area contributed by atoms with Crippen LogP contribution < -0.4 is 10.1 Å². The van der Waals surface area contributed by atoms with E-state index in [1.807, 2.05) is 24.1 Å². The fourth-order valence-corrected chi connectivity index (χ4v) is 2.87. The number of hydrogen-bond donors (Lipinski definition) is 1. The van der Waals surface area contributed by atoms with Gasteiger partial charge in [-0.15, -0.1) is 0 Å². The Balaban J connectivity index is 1.75. The quantitative estimate of drug-likeness (QED) is 0.915. The Bertz CT molecular complexity index is 663. The van der Waals surface area contributed by atoms with Gasteiger partial charge in [0.1, 0.15) is 5.75 Å². The molecule has 0 saturated carbocycles. The van der Waals surface area contributed by atoms with Crippen LogP contribution in [0.5, 0.6) is 11.6 Å². The molecule has 1 fully saturated rings. The molecule has 6 heteroatoms. The predicted octanol–water partition coefficient (Wildman–Crippen LogP) is 2.09. The van der Waals surface area contributed by atoms with E-state index in [0.29, 0.717) is 17.2 Å². The Morgan fingerprint density at radius 3 is 3.13 bits per heavy atom. The predicted molar refractivity (Wildman–Crippen MR) is 86.5 cm³/mol. The molecule has 3 rings (SSSR count). The summed E-state index contributed by atoms with van der Waals surface area (Å²) < 4.78 is 5.65. The number of amides is 1. The van der Waals surface area contributed by atoms with E-state index in [2.05, 4.69) is 15.3 Å². The van der Waals surface area contributed by atoms with Crippen LogP contribution in [-0.4, -0.2) is 47.0 Å². The number of nitrogens with one attached hydrogen (secondary N) is 1. The van der Waals surface area contributed by atoms with E-state index in [-0.39, 0.29) is 11.9 Å². The van der Waals surface area contributed by atoms with E-state index in [1.165, 1.54) is 6.20 Å². The number of carbonyl (C=O) groups is 1. The lowest BCUT2D eigenvalue weighted by atomic mass is 10.1. The van der Waals surface area contributed by atoms with Crippen molar-refractivity contribution in [3.63, 3.8) is 0 Å². The molecule has 1 aliphatic rings. The van der Waals surface area contributed by atoms with Crippen LogP contribution in [0.4, 0.5) is 0 Å². The summed E-state index contributed by atoms with van der Waals surface area (Å²) in [5, 5.41) is 3.16. The van der Waals surface area contributed by atoms with E-state index in [4.69, 9.17) is 4.74 Å².